The van der Waals surface area contributed by atoms with Crippen LogP contribution in [0.1, 0.15) is 37.0 Å². The Morgan fingerprint density at radius 3 is 2.78 bits per heavy atom. The number of aryl methyl sites for hydroxylation is 1. The van der Waals surface area contributed by atoms with Crippen LogP contribution in [0.2, 0.25) is 0 Å². The van der Waals surface area contributed by atoms with Gasteiger partial charge in [0.25, 0.3) is 0 Å². The standard InChI is InChI=1S/C13H18N4O/c1-9(2)13-14-6-5-12(15-13)17(4)8-11-7-10(3)18-16-11/h5-7,9H,8H2,1-4H3. The highest BCUT2D eigenvalue weighted by molar-refractivity contribution is 5.37. The Morgan fingerprint density at radius 2 is 2.17 bits per heavy atom. The minimum Gasteiger partial charge on any atom is -0.361 e. The molecule has 2 aromatic heterocycles. The molecule has 0 spiro atoms. The molecule has 0 unspecified atom stereocenters. The van der Waals surface area contributed by atoms with Crippen molar-refractivity contribution in [2.75, 3.05) is 11.9 Å². The van der Waals surface area contributed by atoms with Gasteiger partial charge in [0.15, 0.2) is 0 Å². The molecular formula is C13H18N4O. The maximum atomic E-state index is 5.05. The second-order valence-electron chi connectivity index (χ2n) is 4.71. The lowest BCUT2D eigenvalue weighted by atomic mass is 10.2. The second-order valence-corrected chi connectivity index (χ2v) is 4.71. The molecule has 0 amide bonds. The Hall–Kier alpha value is -1.91. The monoisotopic (exact) mass is 246 g/mol. The van der Waals surface area contributed by atoms with E-state index in [1.54, 1.807) is 6.20 Å². The first kappa shape index (κ1) is 12.5. The maximum absolute atomic E-state index is 5.05. The molecule has 5 nitrogen and oxygen atoms in total. The summed E-state index contributed by atoms with van der Waals surface area (Å²) in [6.07, 6.45) is 1.79. The van der Waals surface area contributed by atoms with Crippen molar-refractivity contribution in [1.29, 1.82) is 0 Å². The molecule has 0 bridgehead atoms. The number of hydrogen-bond donors (Lipinski definition) is 0. The topological polar surface area (TPSA) is 55.1 Å². The van der Waals surface area contributed by atoms with E-state index in [1.165, 1.54) is 0 Å². The summed E-state index contributed by atoms with van der Waals surface area (Å²) in [6, 6.07) is 3.83. The summed E-state index contributed by atoms with van der Waals surface area (Å²) >= 11 is 0. The lowest BCUT2D eigenvalue weighted by molar-refractivity contribution is 0.390. The molecule has 0 atom stereocenters. The van der Waals surface area contributed by atoms with Crippen LogP contribution in [-0.2, 0) is 6.54 Å². The van der Waals surface area contributed by atoms with Gasteiger partial charge in [-0.15, -0.1) is 0 Å². The van der Waals surface area contributed by atoms with Crippen molar-refractivity contribution in [3.63, 3.8) is 0 Å². The normalized spacial score (nSPS) is 10.9. The lowest BCUT2D eigenvalue weighted by Gasteiger charge is -2.17. The van der Waals surface area contributed by atoms with Crippen molar-refractivity contribution in [1.82, 2.24) is 15.1 Å². The predicted molar refractivity (Wildman–Crippen MR) is 69.5 cm³/mol. The summed E-state index contributed by atoms with van der Waals surface area (Å²) in [5.74, 6) is 2.90. The Morgan fingerprint density at radius 1 is 1.39 bits per heavy atom. The van der Waals surface area contributed by atoms with Crippen LogP contribution in [0.25, 0.3) is 0 Å². The zero-order valence-electron chi connectivity index (χ0n) is 11.2. The summed E-state index contributed by atoms with van der Waals surface area (Å²) < 4.78 is 5.05. The van der Waals surface area contributed by atoms with Gasteiger partial charge in [-0.1, -0.05) is 19.0 Å². The summed E-state index contributed by atoms with van der Waals surface area (Å²) in [6.45, 7) is 6.73. The molecule has 0 aliphatic rings. The third-order valence-electron chi connectivity index (χ3n) is 2.64. The van der Waals surface area contributed by atoms with Gasteiger partial charge in [0.2, 0.25) is 0 Å². The minimum atomic E-state index is 0.327. The van der Waals surface area contributed by atoms with Gasteiger partial charge in [-0.3, -0.25) is 0 Å². The molecule has 0 radical (unpaired) electrons. The summed E-state index contributed by atoms with van der Waals surface area (Å²) in [4.78, 5) is 10.8. The molecule has 0 aliphatic carbocycles. The van der Waals surface area contributed by atoms with Gasteiger partial charge in [0, 0.05) is 25.2 Å². The van der Waals surface area contributed by atoms with Crippen LogP contribution in [0.4, 0.5) is 5.82 Å². The fourth-order valence-corrected chi connectivity index (χ4v) is 1.67. The Balaban J connectivity index is 2.13. The van der Waals surface area contributed by atoms with Gasteiger partial charge in [0.1, 0.15) is 23.1 Å². The zero-order chi connectivity index (χ0) is 13.1. The van der Waals surface area contributed by atoms with E-state index in [0.29, 0.717) is 12.5 Å². The van der Waals surface area contributed by atoms with Crippen LogP contribution in [0.15, 0.2) is 22.9 Å². The van der Waals surface area contributed by atoms with Gasteiger partial charge < -0.3 is 9.42 Å². The van der Waals surface area contributed by atoms with E-state index in [1.807, 2.05) is 31.0 Å². The van der Waals surface area contributed by atoms with Crippen molar-refractivity contribution in [3.05, 3.63) is 35.6 Å². The smallest absolute Gasteiger partial charge is 0.133 e. The number of rotatable bonds is 4. The fourth-order valence-electron chi connectivity index (χ4n) is 1.67. The van der Waals surface area contributed by atoms with Crippen molar-refractivity contribution < 1.29 is 4.52 Å². The van der Waals surface area contributed by atoms with Crippen molar-refractivity contribution in [2.45, 2.75) is 33.2 Å². The number of hydrogen-bond acceptors (Lipinski definition) is 5. The molecule has 0 N–H and O–H groups in total. The van der Waals surface area contributed by atoms with Crippen LogP contribution in [0, 0.1) is 6.92 Å². The second kappa shape index (κ2) is 5.16. The van der Waals surface area contributed by atoms with E-state index in [2.05, 4.69) is 29.0 Å². The third-order valence-corrected chi connectivity index (χ3v) is 2.64. The highest BCUT2D eigenvalue weighted by Gasteiger charge is 2.09. The van der Waals surface area contributed by atoms with Gasteiger partial charge >= 0.3 is 0 Å². The van der Waals surface area contributed by atoms with Crippen LogP contribution < -0.4 is 4.90 Å². The lowest BCUT2D eigenvalue weighted by Crippen LogP contribution is -2.18. The van der Waals surface area contributed by atoms with E-state index < -0.39 is 0 Å². The molecule has 2 rings (SSSR count). The number of nitrogens with zero attached hydrogens (tertiary/aromatic N) is 4. The fraction of sp³-hybridized carbons (Fsp3) is 0.462. The van der Waals surface area contributed by atoms with Crippen LogP contribution in [0.3, 0.4) is 0 Å². The average molecular weight is 246 g/mol. The van der Waals surface area contributed by atoms with Crippen molar-refractivity contribution in [2.24, 2.45) is 0 Å². The summed E-state index contributed by atoms with van der Waals surface area (Å²) in [5.41, 5.74) is 0.903. The van der Waals surface area contributed by atoms with Gasteiger partial charge in [-0.05, 0) is 13.0 Å². The average Bonchev–Trinajstić information content (AvgIpc) is 2.75. The molecular weight excluding hydrogens is 228 g/mol. The van der Waals surface area contributed by atoms with E-state index in [-0.39, 0.29) is 0 Å². The molecule has 5 heteroatoms. The first-order valence-electron chi connectivity index (χ1n) is 6.02. The molecule has 96 valence electrons. The van der Waals surface area contributed by atoms with E-state index in [4.69, 9.17) is 4.52 Å². The van der Waals surface area contributed by atoms with E-state index in [9.17, 15) is 0 Å². The highest BCUT2D eigenvalue weighted by atomic mass is 16.5. The Labute approximate surface area is 107 Å². The molecule has 0 saturated carbocycles. The summed E-state index contributed by atoms with van der Waals surface area (Å²) in [7, 11) is 1.98. The molecule has 0 saturated heterocycles. The van der Waals surface area contributed by atoms with Crippen LogP contribution >= 0.6 is 0 Å². The molecule has 0 aromatic carbocycles. The van der Waals surface area contributed by atoms with Crippen LogP contribution in [-0.4, -0.2) is 22.2 Å². The van der Waals surface area contributed by atoms with Gasteiger partial charge in [-0.2, -0.15) is 0 Å². The van der Waals surface area contributed by atoms with Crippen LogP contribution in [0.5, 0.6) is 0 Å². The first-order valence-corrected chi connectivity index (χ1v) is 6.02. The zero-order valence-corrected chi connectivity index (χ0v) is 11.2. The molecule has 18 heavy (non-hydrogen) atoms. The summed E-state index contributed by atoms with van der Waals surface area (Å²) in [5, 5.41) is 3.98. The maximum Gasteiger partial charge on any atom is 0.133 e. The SMILES string of the molecule is Cc1cc(CN(C)c2ccnc(C(C)C)n2)no1. The number of aromatic nitrogens is 3. The minimum absolute atomic E-state index is 0.327. The molecule has 2 aromatic rings. The van der Waals surface area contributed by atoms with E-state index >= 15 is 0 Å². The quantitative estimate of drug-likeness (QED) is 0.829. The number of anilines is 1. The van der Waals surface area contributed by atoms with Gasteiger partial charge in [-0.25, -0.2) is 9.97 Å². The third kappa shape index (κ3) is 2.85. The predicted octanol–water partition coefficient (Wildman–Crippen LogP) is 2.53. The molecule has 0 fully saturated rings. The largest absolute Gasteiger partial charge is 0.361 e. The molecule has 0 aliphatic heterocycles. The van der Waals surface area contributed by atoms with Crippen molar-refractivity contribution in [3.8, 4) is 0 Å². The van der Waals surface area contributed by atoms with Gasteiger partial charge in [0.05, 0.1) is 6.54 Å². The van der Waals surface area contributed by atoms with E-state index in [0.717, 1.165) is 23.1 Å². The molecule has 2 heterocycles. The Bertz CT molecular complexity index is 521. The first-order chi connectivity index (χ1) is 8.56. The highest BCUT2D eigenvalue weighted by Crippen LogP contribution is 2.15. The Kier molecular flexibility index (Phi) is 3.60. The van der Waals surface area contributed by atoms with Crippen molar-refractivity contribution >= 4 is 5.82 Å².